The summed E-state index contributed by atoms with van der Waals surface area (Å²) in [5, 5.41) is 2.49. The summed E-state index contributed by atoms with van der Waals surface area (Å²) in [6.07, 6.45) is 11.2. The van der Waals surface area contributed by atoms with Gasteiger partial charge in [0.25, 0.3) is 10.1 Å². The Morgan fingerprint density at radius 2 is 1.43 bits per heavy atom. The molecule has 0 aliphatic rings. The smallest absolute Gasteiger partial charge is 0.266 e. The van der Waals surface area contributed by atoms with Crippen LogP contribution in [0.25, 0.3) is 0 Å². The van der Waals surface area contributed by atoms with Gasteiger partial charge in [0.2, 0.25) is 5.91 Å². The van der Waals surface area contributed by atoms with Crippen molar-refractivity contribution in [1.29, 1.82) is 0 Å². The summed E-state index contributed by atoms with van der Waals surface area (Å²) in [5.74, 6) is -0.562. The Kier molecular flexibility index (Phi) is 15.4. The van der Waals surface area contributed by atoms with Crippen LogP contribution < -0.4 is 11.5 Å². The summed E-state index contributed by atoms with van der Waals surface area (Å²) in [6, 6.07) is 0. The maximum absolute atomic E-state index is 11.3. The lowest BCUT2D eigenvalue weighted by atomic mass is 10.1. The summed E-state index contributed by atoms with van der Waals surface area (Å²) < 4.78 is 29.4. The largest absolute Gasteiger partial charge is 0.355 e. The second-order valence-electron chi connectivity index (χ2n) is 5.21. The topological polar surface area (TPSA) is 118 Å². The zero-order chi connectivity index (χ0) is 15.3. The molecule has 21 heavy (non-hydrogen) atoms. The van der Waals surface area contributed by atoms with Crippen LogP contribution in [0.15, 0.2) is 0 Å². The molecule has 0 aliphatic heterocycles. The quantitative estimate of drug-likeness (QED) is 0.355. The lowest BCUT2D eigenvalue weighted by molar-refractivity contribution is -0.121. The van der Waals surface area contributed by atoms with E-state index in [4.69, 9.17) is 4.55 Å². The number of carbonyl (C=O) groups is 1. The summed E-state index contributed by atoms with van der Waals surface area (Å²) in [7, 11) is -3.98. The van der Waals surface area contributed by atoms with Crippen LogP contribution in [0.4, 0.5) is 0 Å². The highest BCUT2D eigenvalue weighted by Crippen LogP contribution is 2.10. The summed E-state index contributed by atoms with van der Waals surface area (Å²) in [6.45, 7) is 2.19. The van der Waals surface area contributed by atoms with Crippen molar-refractivity contribution < 1.29 is 17.8 Å². The van der Waals surface area contributed by atoms with Gasteiger partial charge in [-0.2, -0.15) is 8.42 Å². The summed E-state index contributed by atoms with van der Waals surface area (Å²) in [4.78, 5) is 11.3. The highest BCUT2D eigenvalue weighted by molar-refractivity contribution is 7.85. The van der Waals surface area contributed by atoms with E-state index in [1.54, 1.807) is 0 Å². The number of amides is 1. The zero-order valence-electron chi connectivity index (χ0n) is 13.3. The van der Waals surface area contributed by atoms with Gasteiger partial charge in [-0.3, -0.25) is 9.35 Å². The van der Waals surface area contributed by atoms with Gasteiger partial charge in [-0.05, 0) is 6.42 Å². The molecule has 0 unspecified atom stereocenters. The molecule has 0 aromatic rings. The molecule has 6 nitrogen and oxygen atoms in total. The summed E-state index contributed by atoms with van der Waals surface area (Å²) in [5.41, 5.74) is 0. The molecule has 0 spiro atoms. The van der Waals surface area contributed by atoms with Crippen LogP contribution in [0.1, 0.15) is 71.1 Å². The van der Waals surface area contributed by atoms with Crippen LogP contribution in [0.3, 0.4) is 0 Å². The van der Waals surface area contributed by atoms with Crippen molar-refractivity contribution in [3.05, 3.63) is 0 Å². The van der Waals surface area contributed by atoms with E-state index in [-0.39, 0.29) is 18.6 Å². The van der Waals surface area contributed by atoms with Crippen LogP contribution in [0, 0.1) is 0 Å². The minimum Gasteiger partial charge on any atom is -0.355 e. The fourth-order valence-electron chi connectivity index (χ4n) is 2.00. The molecule has 5 N–H and O–H groups in total. The number of hydrogen-bond donors (Lipinski definition) is 3. The first-order valence-corrected chi connectivity index (χ1v) is 9.28. The van der Waals surface area contributed by atoms with Gasteiger partial charge in [0.1, 0.15) is 0 Å². The van der Waals surface area contributed by atoms with Crippen LogP contribution in [0.2, 0.25) is 0 Å². The molecular formula is C14H32N2O4S. The Morgan fingerprint density at radius 3 is 1.90 bits per heavy atom. The fourth-order valence-corrected chi connectivity index (χ4v) is 2.36. The van der Waals surface area contributed by atoms with Crippen molar-refractivity contribution in [2.45, 2.75) is 71.1 Å². The van der Waals surface area contributed by atoms with Crippen LogP contribution in [-0.2, 0) is 14.9 Å². The highest BCUT2D eigenvalue weighted by Gasteiger charge is 2.06. The number of hydrogen-bond acceptors (Lipinski definition) is 4. The van der Waals surface area contributed by atoms with Crippen LogP contribution >= 0.6 is 0 Å². The molecule has 1 amide bonds. The third-order valence-corrected chi connectivity index (χ3v) is 3.91. The minimum atomic E-state index is -3.98. The Morgan fingerprint density at radius 1 is 0.952 bits per heavy atom. The number of nitrogens with one attached hydrogen (secondary N) is 1. The predicted molar refractivity (Wildman–Crippen MR) is 86.3 cm³/mol. The van der Waals surface area contributed by atoms with Gasteiger partial charge in [-0.15, -0.1) is 0 Å². The van der Waals surface area contributed by atoms with Gasteiger partial charge in [-0.1, -0.05) is 58.3 Å². The van der Waals surface area contributed by atoms with E-state index in [2.05, 4.69) is 12.2 Å². The van der Waals surface area contributed by atoms with Crippen molar-refractivity contribution >= 4 is 16.0 Å². The minimum absolute atomic E-state index is 0. The molecule has 7 heteroatoms. The lowest BCUT2D eigenvalue weighted by Crippen LogP contribution is -2.28. The SMILES string of the molecule is CCCCCCCCCCCC(=O)NCCS(=O)(=O)O.N. The first-order chi connectivity index (χ1) is 9.45. The monoisotopic (exact) mass is 324 g/mol. The van der Waals surface area contributed by atoms with E-state index in [0.29, 0.717) is 6.42 Å². The second-order valence-corrected chi connectivity index (χ2v) is 6.79. The standard InChI is InChI=1S/C14H29NO4S.H3N/c1-2-3-4-5-6-7-8-9-10-11-14(16)15-12-13-20(17,18)19;/h2-13H2,1H3,(H,15,16)(H,17,18,19);1H3. The normalized spacial score (nSPS) is 11.0. The van der Waals surface area contributed by atoms with Gasteiger partial charge in [0, 0.05) is 13.0 Å². The van der Waals surface area contributed by atoms with Crippen molar-refractivity contribution in [3.8, 4) is 0 Å². The molecule has 0 saturated carbocycles. The average molecular weight is 324 g/mol. The van der Waals surface area contributed by atoms with E-state index in [0.717, 1.165) is 19.3 Å². The number of unbranched alkanes of at least 4 members (excludes halogenated alkanes) is 8. The third-order valence-electron chi connectivity index (χ3n) is 3.19. The zero-order valence-corrected chi connectivity index (χ0v) is 14.1. The van der Waals surface area contributed by atoms with Crippen molar-refractivity contribution in [2.75, 3.05) is 12.3 Å². The maximum atomic E-state index is 11.3. The van der Waals surface area contributed by atoms with E-state index in [1.807, 2.05) is 0 Å². The second kappa shape index (κ2) is 14.3. The van der Waals surface area contributed by atoms with E-state index < -0.39 is 15.9 Å². The molecule has 0 fully saturated rings. The average Bonchev–Trinajstić information content (AvgIpc) is 2.35. The van der Waals surface area contributed by atoms with Crippen molar-refractivity contribution in [2.24, 2.45) is 0 Å². The highest BCUT2D eigenvalue weighted by atomic mass is 32.2. The molecule has 0 radical (unpaired) electrons. The Balaban J connectivity index is 0. The van der Waals surface area contributed by atoms with Crippen molar-refractivity contribution in [3.63, 3.8) is 0 Å². The third kappa shape index (κ3) is 19.3. The molecule has 0 atom stereocenters. The van der Waals surface area contributed by atoms with Gasteiger partial charge in [-0.25, -0.2) is 0 Å². The van der Waals surface area contributed by atoms with Gasteiger partial charge < -0.3 is 11.5 Å². The summed E-state index contributed by atoms with van der Waals surface area (Å²) >= 11 is 0. The van der Waals surface area contributed by atoms with Crippen LogP contribution in [-0.4, -0.2) is 31.2 Å². The molecule has 0 saturated heterocycles. The van der Waals surface area contributed by atoms with E-state index >= 15 is 0 Å². The predicted octanol–water partition coefficient (Wildman–Crippen LogP) is 3.07. The Bertz CT molecular complexity index is 345. The Labute approximate surface area is 129 Å². The lowest BCUT2D eigenvalue weighted by Gasteiger charge is -2.04. The molecule has 0 aromatic carbocycles. The first kappa shape index (κ1) is 22.6. The van der Waals surface area contributed by atoms with Gasteiger partial charge >= 0.3 is 0 Å². The van der Waals surface area contributed by atoms with Gasteiger partial charge in [0.15, 0.2) is 0 Å². The molecule has 0 aromatic heterocycles. The van der Waals surface area contributed by atoms with Gasteiger partial charge in [0.05, 0.1) is 5.75 Å². The molecule has 0 heterocycles. The number of carbonyl (C=O) groups excluding carboxylic acids is 1. The molecule has 0 aliphatic carbocycles. The fraction of sp³-hybridized carbons (Fsp3) is 0.929. The maximum Gasteiger partial charge on any atom is 0.266 e. The Hall–Kier alpha value is -0.660. The van der Waals surface area contributed by atoms with Crippen LogP contribution in [0.5, 0.6) is 0 Å². The van der Waals surface area contributed by atoms with Crippen molar-refractivity contribution in [1.82, 2.24) is 11.5 Å². The van der Waals surface area contributed by atoms with E-state index in [9.17, 15) is 13.2 Å². The first-order valence-electron chi connectivity index (χ1n) is 7.67. The van der Waals surface area contributed by atoms with E-state index in [1.165, 1.54) is 38.5 Å². The molecular weight excluding hydrogens is 292 g/mol. The molecule has 0 rings (SSSR count). The molecule has 128 valence electrons. The number of rotatable bonds is 13. The molecule has 0 bridgehead atoms.